The molecule has 0 spiro atoms. The summed E-state index contributed by atoms with van der Waals surface area (Å²) in [5.41, 5.74) is 0.869. The Balaban J connectivity index is 1.96. The second kappa shape index (κ2) is 7.85. The molecule has 0 radical (unpaired) electrons. The first-order valence-corrected chi connectivity index (χ1v) is 7.55. The van der Waals surface area contributed by atoms with E-state index < -0.39 is 11.8 Å². The molecule has 0 saturated heterocycles. The van der Waals surface area contributed by atoms with Crippen molar-refractivity contribution in [1.29, 1.82) is 0 Å². The predicted octanol–water partition coefficient (Wildman–Crippen LogP) is 3.97. The molecule has 0 aromatic heterocycles. The Morgan fingerprint density at radius 1 is 0.913 bits per heavy atom. The van der Waals surface area contributed by atoms with Crippen molar-refractivity contribution >= 4 is 46.4 Å². The van der Waals surface area contributed by atoms with Gasteiger partial charge in [-0.3, -0.25) is 9.59 Å². The van der Waals surface area contributed by atoms with Crippen LogP contribution in [0.3, 0.4) is 0 Å². The first-order valence-electron chi connectivity index (χ1n) is 6.80. The molecule has 7 heteroatoms. The number of halogens is 2. The van der Waals surface area contributed by atoms with Crippen molar-refractivity contribution < 1.29 is 14.3 Å². The van der Waals surface area contributed by atoms with Crippen LogP contribution in [-0.4, -0.2) is 18.4 Å². The van der Waals surface area contributed by atoms with Crippen LogP contribution in [0, 0.1) is 0 Å². The van der Waals surface area contributed by atoms with Crippen LogP contribution < -0.4 is 15.4 Å². The number of carbonyl (C=O) groups excluding carboxylic acids is 2. The van der Waals surface area contributed by atoms with Crippen molar-refractivity contribution in [2.75, 3.05) is 17.2 Å². The number of carbonyl (C=O) groups is 2. The van der Waals surface area contributed by atoms with Gasteiger partial charge in [-0.2, -0.15) is 0 Å². The van der Waals surface area contributed by atoms with Gasteiger partial charge in [-0.1, -0.05) is 23.2 Å². The molecule has 2 aromatic carbocycles. The van der Waals surface area contributed by atoms with Gasteiger partial charge in [-0.15, -0.1) is 0 Å². The van der Waals surface area contributed by atoms with Gasteiger partial charge in [0.25, 0.3) is 0 Å². The van der Waals surface area contributed by atoms with E-state index >= 15 is 0 Å². The molecule has 2 amide bonds. The number of benzene rings is 2. The summed E-state index contributed by atoms with van der Waals surface area (Å²) in [5.74, 6) is -0.914. The number of amides is 2. The summed E-state index contributed by atoms with van der Waals surface area (Å²) in [4.78, 5) is 23.7. The fraction of sp³-hybridized carbons (Fsp3) is 0.125. The van der Waals surface area contributed by atoms with E-state index in [0.717, 1.165) is 0 Å². The molecule has 0 aliphatic heterocycles. The van der Waals surface area contributed by atoms with E-state index in [2.05, 4.69) is 10.6 Å². The van der Waals surface area contributed by atoms with E-state index in [1.807, 2.05) is 6.92 Å². The Labute approximate surface area is 143 Å². The van der Waals surface area contributed by atoms with Gasteiger partial charge in [0.15, 0.2) is 0 Å². The Kier molecular flexibility index (Phi) is 5.84. The van der Waals surface area contributed by atoms with Crippen LogP contribution >= 0.6 is 23.2 Å². The number of hydrogen-bond acceptors (Lipinski definition) is 3. The van der Waals surface area contributed by atoms with Crippen molar-refractivity contribution in [2.45, 2.75) is 6.92 Å². The average molecular weight is 353 g/mol. The molecule has 0 aliphatic rings. The van der Waals surface area contributed by atoms with Crippen LogP contribution in [0.2, 0.25) is 10.0 Å². The zero-order chi connectivity index (χ0) is 16.8. The summed E-state index contributed by atoms with van der Waals surface area (Å²) in [6, 6.07) is 11.3. The Morgan fingerprint density at radius 3 is 2.04 bits per heavy atom. The van der Waals surface area contributed by atoms with Gasteiger partial charge in [-0.25, -0.2) is 0 Å². The van der Waals surface area contributed by atoms with E-state index in [9.17, 15) is 9.59 Å². The number of hydrogen-bond donors (Lipinski definition) is 2. The van der Waals surface area contributed by atoms with Gasteiger partial charge in [-0.05, 0) is 49.4 Å². The molecule has 2 rings (SSSR count). The second-order valence-electron chi connectivity index (χ2n) is 4.49. The van der Waals surface area contributed by atoms with Crippen LogP contribution in [0.5, 0.6) is 5.75 Å². The largest absolute Gasteiger partial charge is 0.494 e. The molecule has 120 valence electrons. The van der Waals surface area contributed by atoms with Crippen molar-refractivity contribution in [1.82, 2.24) is 0 Å². The zero-order valence-corrected chi connectivity index (χ0v) is 13.7. The molecule has 0 heterocycles. The minimum absolute atomic E-state index is 0.288. The van der Waals surface area contributed by atoms with Gasteiger partial charge in [0.1, 0.15) is 5.75 Å². The predicted molar refractivity (Wildman–Crippen MR) is 91.3 cm³/mol. The van der Waals surface area contributed by atoms with E-state index in [-0.39, 0.29) is 5.02 Å². The number of ether oxygens (including phenoxy) is 1. The molecule has 0 bridgehead atoms. The van der Waals surface area contributed by atoms with Crippen molar-refractivity contribution in [3.63, 3.8) is 0 Å². The average Bonchev–Trinajstić information content (AvgIpc) is 2.53. The van der Waals surface area contributed by atoms with Crippen LogP contribution in [0.1, 0.15) is 6.92 Å². The molecule has 2 N–H and O–H groups in total. The summed E-state index contributed by atoms with van der Waals surface area (Å²) >= 11 is 11.6. The highest BCUT2D eigenvalue weighted by Crippen LogP contribution is 2.25. The minimum atomic E-state index is -0.808. The topological polar surface area (TPSA) is 67.4 Å². The van der Waals surface area contributed by atoms with Gasteiger partial charge < -0.3 is 15.4 Å². The summed E-state index contributed by atoms with van der Waals surface area (Å²) < 4.78 is 5.30. The molecule has 0 aliphatic carbocycles. The van der Waals surface area contributed by atoms with Gasteiger partial charge in [0, 0.05) is 11.4 Å². The van der Waals surface area contributed by atoms with E-state index in [1.165, 1.54) is 12.1 Å². The monoisotopic (exact) mass is 352 g/mol. The Morgan fingerprint density at radius 2 is 1.48 bits per heavy atom. The maximum Gasteiger partial charge on any atom is 0.314 e. The lowest BCUT2D eigenvalue weighted by Gasteiger charge is -2.08. The number of rotatable bonds is 4. The van der Waals surface area contributed by atoms with Crippen LogP contribution in [-0.2, 0) is 9.59 Å². The summed E-state index contributed by atoms with van der Waals surface area (Å²) in [6.45, 7) is 2.43. The maximum atomic E-state index is 11.9. The van der Waals surface area contributed by atoms with Gasteiger partial charge >= 0.3 is 11.8 Å². The number of nitrogens with one attached hydrogen (secondary N) is 2. The number of anilines is 2. The molecule has 0 atom stereocenters. The highest BCUT2D eigenvalue weighted by Gasteiger charge is 2.14. The van der Waals surface area contributed by atoms with Crippen LogP contribution in [0.25, 0.3) is 0 Å². The van der Waals surface area contributed by atoms with Crippen molar-refractivity contribution in [3.8, 4) is 5.75 Å². The Hall–Kier alpha value is -2.24. The van der Waals surface area contributed by atoms with E-state index in [4.69, 9.17) is 27.9 Å². The van der Waals surface area contributed by atoms with E-state index in [1.54, 1.807) is 30.3 Å². The SMILES string of the molecule is CCOc1ccc(NC(=O)C(=O)Nc2ccc(Cl)c(Cl)c2)cc1. The van der Waals surface area contributed by atoms with E-state index in [0.29, 0.717) is 28.8 Å². The van der Waals surface area contributed by atoms with Crippen molar-refractivity contribution in [3.05, 3.63) is 52.5 Å². The molecule has 23 heavy (non-hydrogen) atoms. The summed E-state index contributed by atoms with van der Waals surface area (Å²) in [6.07, 6.45) is 0. The van der Waals surface area contributed by atoms with Gasteiger partial charge in [0.2, 0.25) is 0 Å². The lowest BCUT2D eigenvalue weighted by atomic mass is 10.3. The smallest absolute Gasteiger partial charge is 0.314 e. The minimum Gasteiger partial charge on any atom is -0.494 e. The highest BCUT2D eigenvalue weighted by atomic mass is 35.5. The first kappa shape index (κ1) is 17.1. The standard InChI is InChI=1S/C16H14Cl2N2O3/c1-2-23-12-6-3-10(4-7-12)19-15(21)16(22)20-11-5-8-13(17)14(18)9-11/h3-9H,2H2,1H3,(H,19,21)(H,20,22). The third kappa shape index (κ3) is 4.87. The lowest BCUT2D eigenvalue weighted by Crippen LogP contribution is -2.29. The molecule has 0 unspecified atom stereocenters. The van der Waals surface area contributed by atoms with Crippen LogP contribution in [0.15, 0.2) is 42.5 Å². The molecule has 0 saturated carbocycles. The quantitative estimate of drug-likeness (QED) is 0.818. The second-order valence-corrected chi connectivity index (χ2v) is 5.31. The van der Waals surface area contributed by atoms with Gasteiger partial charge in [0.05, 0.1) is 16.7 Å². The highest BCUT2D eigenvalue weighted by molar-refractivity contribution is 6.44. The zero-order valence-electron chi connectivity index (χ0n) is 12.2. The Bertz CT molecular complexity index is 718. The molecular weight excluding hydrogens is 339 g/mol. The van der Waals surface area contributed by atoms with Crippen LogP contribution in [0.4, 0.5) is 11.4 Å². The first-order chi connectivity index (χ1) is 11.0. The maximum absolute atomic E-state index is 11.9. The summed E-state index contributed by atoms with van der Waals surface area (Å²) in [5, 5.41) is 5.59. The lowest BCUT2D eigenvalue weighted by molar-refractivity contribution is -0.132. The third-order valence-corrected chi connectivity index (χ3v) is 3.55. The fourth-order valence-corrected chi connectivity index (χ4v) is 2.05. The third-order valence-electron chi connectivity index (χ3n) is 2.81. The van der Waals surface area contributed by atoms with Crippen molar-refractivity contribution in [2.24, 2.45) is 0 Å². The molecule has 0 fully saturated rings. The molecular formula is C16H14Cl2N2O3. The fourth-order valence-electron chi connectivity index (χ4n) is 1.75. The molecule has 5 nitrogen and oxygen atoms in total. The molecule has 2 aromatic rings. The summed E-state index contributed by atoms with van der Waals surface area (Å²) in [7, 11) is 0. The normalized spacial score (nSPS) is 10.0.